The highest BCUT2D eigenvalue weighted by Crippen LogP contribution is 2.33. The first kappa shape index (κ1) is 16.8. The van der Waals surface area contributed by atoms with Crippen molar-refractivity contribution in [3.63, 3.8) is 0 Å². The number of phenolic OH excluding ortho intramolecular Hbond substituents is 1. The third-order valence-electron chi connectivity index (χ3n) is 3.57. The van der Waals surface area contributed by atoms with Crippen LogP contribution in [-0.4, -0.2) is 32.0 Å². The van der Waals surface area contributed by atoms with E-state index in [1.54, 1.807) is 35.2 Å². The van der Waals surface area contributed by atoms with E-state index in [0.717, 1.165) is 39.4 Å². The third-order valence-corrected chi connectivity index (χ3v) is 5.56. The molecule has 0 aliphatic heterocycles. The minimum Gasteiger partial charge on any atom is -0.504 e. The number of ether oxygens (including phenoxy) is 1. The van der Waals surface area contributed by atoms with Gasteiger partial charge in [-0.2, -0.15) is 0 Å². The number of methoxy groups -OCH3 is 1. The fourth-order valence-electron chi connectivity index (χ4n) is 2.23. The number of benzene rings is 1. The number of rotatable bonds is 6. The zero-order valence-corrected chi connectivity index (χ0v) is 15.3. The number of nitrogens with zero attached hydrogens (tertiary/aromatic N) is 4. The van der Waals surface area contributed by atoms with Gasteiger partial charge in [0.1, 0.15) is 10.8 Å². The van der Waals surface area contributed by atoms with Crippen molar-refractivity contribution in [1.82, 2.24) is 19.7 Å². The topological polar surface area (TPSA) is 73.1 Å². The van der Waals surface area contributed by atoms with Crippen LogP contribution < -0.4 is 4.74 Å². The molecule has 8 heteroatoms. The zero-order chi connectivity index (χ0) is 17.1. The van der Waals surface area contributed by atoms with Gasteiger partial charge < -0.3 is 14.4 Å². The van der Waals surface area contributed by atoms with Crippen molar-refractivity contribution in [2.45, 2.75) is 24.3 Å². The Balaban J connectivity index is 1.72. The lowest BCUT2D eigenvalue weighted by atomic mass is 10.2. The summed E-state index contributed by atoms with van der Waals surface area (Å²) in [6, 6.07) is 5.25. The van der Waals surface area contributed by atoms with Crippen LogP contribution in [-0.2, 0) is 19.2 Å². The van der Waals surface area contributed by atoms with Gasteiger partial charge in [0.2, 0.25) is 0 Å². The van der Waals surface area contributed by atoms with Crippen molar-refractivity contribution < 1.29 is 9.84 Å². The SMILES string of the molecule is CCc1nnc(SCc2csc(-c3ccc(O)c(OC)c3)n2)n1C. The smallest absolute Gasteiger partial charge is 0.191 e. The molecule has 0 saturated carbocycles. The molecular weight excluding hydrogens is 344 g/mol. The molecule has 126 valence electrons. The second-order valence-electron chi connectivity index (χ2n) is 5.13. The summed E-state index contributed by atoms with van der Waals surface area (Å²) in [5.41, 5.74) is 1.92. The number of thiazole rings is 1. The third kappa shape index (κ3) is 3.39. The molecular formula is C16H18N4O2S2. The number of phenols is 1. The molecule has 24 heavy (non-hydrogen) atoms. The van der Waals surface area contributed by atoms with Crippen LogP contribution in [0.2, 0.25) is 0 Å². The Morgan fingerprint density at radius 2 is 2.17 bits per heavy atom. The normalized spacial score (nSPS) is 11.0. The maximum Gasteiger partial charge on any atom is 0.191 e. The Morgan fingerprint density at radius 3 is 2.88 bits per heavy atom. The average Bonchev–Trinajstić information content (AvgIpc) is 3.20. The van der Waals surface area contributed by atoms with Gasteiger partial charge >= 0.3 is 0 Å². The molecule has 0 aliphatic carbocycles. The second-order valence-corrected chi connectivity index (χ2v) is 6.93. The van der Waals surface area contributed by atoms with Crippen molar-refractivity contribution in [3.8, 4) is 22.1 Å². The summed E-state index contributed by atoms with van der Waals surface area (Å²) < 4.78 is 7.17. The monoisotopic (exact) mass is 362 g/mol. The second kappa shape index (κ2) is 7.23. The molecule has 0 unspecified atom stereocenters. The molecule has 3 rings (SSSR count). The fraction of sp³-hybridized carbons (Fsp3) is 0.312. The Labute approximate surface area is 148 Å². The lowest BCUT2D eigenvalue weighted by Gasteiger charge is -2.04. The molecule has 0 amide bonds. The van der Waals surface area contributed by atoms with Crippen molar-refractivity contribution in [1.29, 1.82) is 0 Å². The Morgan fingerprint density at radius 1 is 1.33 bits per heavy atom. The summed E-state index contributed by atoms with van der Waals surface area (Å²) >= 11 is 3.20. The highest BCUT2D eigenvalue weighted by Gasteiger charge is 2.11. The van der Waals surface area contributed by atoms with E-state index in [4.69, 9.17) is 4.74 Å². The number of aryl methyl sites for hydroxylation is 1. The minimum absolute atomic E-state index is 0.127. The summed E-state index contributed by atoms with van der Waals surface area (Å²) in [7, 11) is 3.52. The van der Waals surface area contributed by atoms with E-state index in [2.05, 4.69) is 22.1 Å². The lowest BCUT2D eigenvalue weighted by molar-refractivity contribution is 0.373. The van der Waals surface area contributed by atoms with Crippen molar-refractivity contribution >= 4 is 23.1 Å². The molecule has 1 N–H and O–H groups in total. The quantitative estimate of drug-likeness (QED) is 0.677. The van der Waals surface area contributed by atoms with Gasteiger partial charge in [0.15, 0.2) is 16.7 Å². The molecule has 2 heterocycles. The number of hydrogen-bond acceptors (Lipinski definition) is 7. The Bertz CT molecular complexity index is 844. The first-order valence-corrected chi connectivity index (χ1v) is 9.31. The molecule has 3 aromatic rings. The van der Waals surface area contributed by atoms with E-state index < -0.39 is 0 Å². The van der Waals surface area contributed by atoms with E-state index in [1.165, 1.54) is 7.11 Å². The number of hydrogen-bond donors (Lipinski definition) is 1. The first-order chi connectivity index (χ1) is 11.6. The van der Waals surface area contributed by atoms with Gasteiger partial charge in [-0.3, -0.25) is 0 Å². The molecule has 2 aromatic heterocycles. The van der Waals surface area contributed by atoms with Crippen LogP contribution in [0.3, 0.4) is 0 Å². The summed E-state index contributed by atoms with van der Waals surface area (Å²) in [5.74, 6) is 2.29. The maximum atomic E-state index is 9.69. The van der Waals surface area contributed by atoms with Gasteiger partial charge in [-0.15, -0.1) is 21.5 Å². The van der Waals surface area contributed by atoms with E-state index >= 15 is 0 Å². The van der Waals surface area contributed by atoms with Crippen LogP contribution in [0.4, 0.5) is 0 Å². The maximum absolute atomic E-state index is 9.69. The van der Waals surface area contributed by atoms with E-state index in [1.807, 2.05) is 23.1 Å². The van der Waals surface area contributed by atoms with E-state index in [0.29, 0.717) is 5.75 Å². The van der Waals surface area contributed by atoms with E-state index in [-0.39, 0.29) is 5.75 Å². The Kier molecular flexibility index (Phi) is 5.06. The number of aromatic hydroxyl groups is 1. The summed E-state index contributed by atoms with van der Waals surface area (Å²) in [4.78, 5) is 4.66. The first-order valence-electron chi connectivity index (χ1n) is 7.45. The van der Waals surface area contributed by atoms with Gasteiger partial charge in [-0.1, -0.05) is 18.7 Å². The highest BCUT2D eigenvalue weighted by molar-refractivity contribution is 7.98. The molecule has 0 saturated heterocycles. The van der Waals surface area contributed by atoms with Crippen LogP contribution in [0.5, 0.6) is 11.5 Å². The summed E-state index contributed by atoms with van der Waals surface area (Å²) in [6.45, 7) is 2.07. The summed E-state index contributed by atoms with van der Waals surface area (Å²) in [5, 5.41) is 21.9. The van der Waals surface area contributed by atoms with Crippen molar-refractivity contribution in [2.75, 3.05) is 7.11 Å². The number of thioether (sulfide) groups is 1. The zero-order valence-electron chi connectivity index (χ0n) is 13.7. The van der Waals surface area contributed by atoms with Gasteiger partial charge in [-0.05, 0) is 18.2 Å². The molecule has 0 fully saturated rings. The summed E-state index contributed by atoms with van der Waals surface area (Å²) in [6.07, 6.45) is 0.869. The standard InChI is InChI=1S/C16H18N4O2S2/c1-4-14-18-19-16(20(14)2)24-9-11-8-23-15(17-11)10-5-6-12(21)13(7-10)22-3/h5-8,21H,4,9H2,1-3H3. The van der Waals surface area contributed by atoms with Gasteiger partial charge in [0.05, 0.1) is 12.8 Å². The van der Waals surface area contributed by atoms with Crippen LogP contribution in [0.25, 0.3) is 10.6 Å². The predicted octanol–water partition coefficient (Wildman–Crippen LogP) is 3.51. The van der Waals surface area contributed by atoms with Gasteiger partial charge in [0, 0.05) is 30.2 Å². The average molecular weight is 362 g/mol. The Hall–Kier alpha value is -2.06. The molecule has 0 spiro atoms. The lowest BCUT2D eigenvalue weighted by Crippen LogP contribution is -1.97. The fourth-order valence-corrected chi connectivity index (χ4v) is 3.98. The molecule has 6 nitrogen and oxygen atoms in total. The van der Waals surface area contributed by atoms with Crippen LogP contribution in [0.15, 0.2) is 28.7 Å². The molecule has 0 radical (unpaired) electrons. The van der Waals surface area contributed by atoms with Crippen LogP contribution in [0.1, 0.15) is 18.4 Å². The van der Waals surface area contributed by atoms with Gasteiger partial charge in [0.25, 0.3) is 0 Å². The van der Waals surface area contributed by atoms with Gasteiger partial charge in [-0.25, -0.2) is 4.98 Å². The molecule has 1 aromatic carbocycles. The van der Waals surface area contributed by atoms with Crippen molar-refractivity contribution in [2.24, 2.45) is 7.05 Å². The van der Waals surface area contributed by atoms with Crippen LogP contribution >= 0.6 is 23.1 Å². The number of aromatic nitrogens is 4. The molecule has 0 atom stereocenters. The molecule has 0 aliphatic rings. The largest absolute Gasteiger partial charge is 0.504 e. The van der Waals surface area contributed by atoms with Crippen LogP contribution in [0, 0.1) is 0 Å². The van der Waals surface area contributed by atoms with Crippen molar-refractivity contribution in [3.05, 3.63) is 35.1 Å². The minimum atomic E-state index is 0.127. The van der Waals surface area contributed by atoms with E-state index in [9.17, 15) is 5.11 Å². The highest BCUT2D eigenvalue weighted by atomic mass is 32.2. The predicted molar refractivity (Wildman–Crippen MR) is 95.7 cm³/mol. The molecule has 0 bridgehead atoms.